The summed E-state index contributed by atoms with van der Waals surface area (Å²) in [7, 11) is -3.61. The van der Waals surface area contributed by atoms with Gasteiger partial charge in [0.2, 0.25) is 10.0 Å². The summed E-state index contributed by atoms with van der Waals surface area (Å²) in [4.78, 5) is 0.243. The molecule has 1 N–H and O–H groups in total. The summed E-state index contributed by atoms with van der Waals surface area (Å²) in [5, 5.41) is 0. The maximum absolute atomic E-state index is 12.9. The first-order valence-corrected chi connectivity index (χ1v) is 12.4. The Morgan fingerprint density at radius 3 is 2.23 bits per heavy atom. The number of hydrogen-bond donors (Lipinski definition) is 1. The Kier molecular flexibility index (Phi) is 6.99. The quantitative estimate of drug-likeness (QED) is 0.467. The summed E-state index contributed by atoms with van der Waals surface area (Å²) >= 11 is 10.1. The monoisotopic (exact) mass is 563 g/mol. The zero-order valence-electron chi connectivity index (χ0n) is 14.1. The molecule has 0 radical (unpaired) electrons. The van der Waals surface area contributed by atoms with E-state index in [2.05, 4.69) is 76.8 Å². The van der Waals surface area contributed by atoms with Crippen molar-refractivity contribution in [3.8, 4) is 0 Å². The highest BCUT2D eigenvalue weighted by Crippen LogP contribution is 2.38. The molecule has 0 spiro atoms. The topological polar surface area (TPSA) is 46.2 Å². The van der Waals surface area contributed by atoms with Crippen molar-refractivity contribution < 1.29 is 8.42 Å². The van der Waals surface area contributed by atoms with Crippen molar-refractivity contribution in [3.63, 3.8) is 0 Å². The molecule has 0 heterocycles. The number of benzene rings is 2. The fraction of sp³-hybridized carbons (Fsp3) is 0.368. The number of rotatable bonds is 5. The minimum atomic E-state index is -3.61. The van der Waals surface area contributed by atoms with Crippen LogP contribution in [-0.2, 0) is 10.0 Å². The summed E-state index contributed by atoms with van der Waals surface area (Å²) in [6.45, 7) is 0.455. The second-order valence-electron chi connectivity index (χ2n) is 6.61. The van der Waals surface area contributed by atoms with Gasteiger partial charge >= 0.3 is 0 Å². The average molecular weight is 566 g/mol. The molecule has 0 aliphatic heterocycles. The first-order valence-electron chi connectivity index (χ1n) is 8.57. The number of halogens is 3. The third-order valence-electron chi connectivity index (χ3n) is 4.90. The number of nitrogens with one attached hydrogen (secondary N) is 1. The third kappa shape index (κ3) is 4.79. The van der Waals surface area contributed by atoms with E-state index in [4.69, 9.17) is 0 Å². The molecule has 7 heteroatoms. The van der Waals surface area contributed by atoms with E-state index in [1.807, 2.05) is 6.07 Å². The highest BCUT2D eigenvalue weighted by atomic mass is 79.9. The molecule has 0 saturated heterocycles. The number of sulfonamides is 1. The van der Waals surface area contributed by atoms with Crippen LogP contribution in [-0.4, -0.2) is 15.0 Å². The predicted octanol–water partition coefficient (Wildman–Crippen LogP) is 6.23. The standard InChI is InChI=1S/C19H20Br3NO2S/c20-15-10-17(21)19(18(22)11-15)26(24,25)23-12-14-8-4-5-9-16(14)13-6-2-1-3-7-13/h1-3,6-7,10-11,14,16,23H,4-5,8-9,12H2. The minimum absolute atomic E-state index is 0.243. The van der Waals surface area contributed by atoms with Gasteiger partial charge in [0, 0.05) is 20.0 Å². The van der Waals surface area contributed by atoms with Gasteiger partial charge in [0.15, 0.2) is 0 Å². The smallest absolute Gasteiger partial charge is 0.211 e. The third-order valence-corrected chi connectivity index (χ3v) is 8.66. The van der Waals surface area contributed by atoms with E-state index in [9.17, 15) is 8.42 Å². The Labute approximate surface area is 180 Å². The van der Waals surface area contributed by atoms with Crippen molar-refractivity contribution in [2.45, 2.75) is 36.5 Å². The van der Waals surface area contributed by atoms with Gasteiger partial charge in [-0.1, -0.05) is 59.1 Å². The molecule has 140 valence electrons. The molecule has 0 aromatic heterocycles. The van der Waals surface area contributed by atoms with Gasteiger partial charge in [-0.3, -0.25) is 0 Å². The fourth-order valence-corrected chi connectivity index (χ4v) is 8.41. The van der Waals surface area contributed by atoms with Gasteiger partial charge in [-0.15, -0.1) is 0 Å². The number of hydrogen-bond acceptors (Lipinski definition) is 2. The van der Waals surface area contributed by atoms with E-state index < -0.39 is 10.0 Å². The van der Waals surface area contributed by atoms with Gasteiger partial charge < -0.3 is 0 Å². The van der Waals surface area contributed by atoms with Crippen molar-refractivity contribution >= 4 is 57.8 Å². The van der Waals surface area contributed by atoms with Gasteiger partial charge in [0.1, 0.15) is 4.90 Å². The fourth-order valence-electron chi connectivity index (χ4n) is 3.67. The zero-order valence-corrected chi connectivity index (χ0v) is 19.7. The first kappa shape index (κ1) is 20.5. The second kappa shape index (κ2) is 8.86. The van der Waals surface area contributed by atoms with Crippen molar-refractivity contribution in [2.75, 3.05) is 6.54 Å². The van der Waals surface area contributed by atoms with Gasteiger partial charge in [0.25, 0.3) is 0 Å². The van der Waals surface area contributed by atoms with Crippen LogP contribution in [0.25, 0.3) is 0 Å². The molecule has 26 heavy (non-hydrogen) atoms. The lowest BCUT2D eigenvalue weighted by Crippen LogP contribution is -2.33. The van der Waals surface area contributed by atoms with E-state index in [1.54, 1.807) is 12.1 Å². The Hall–Kier alpha value is -0.210. The second-order valence-corrected chi connectivity index (χ2v) is 10.9. The zero-order chi connectivity index (χ0) is 18.7. The predicted molar refractivity (Wildman–Crippen MR) is 116 cm³/mol. The molecule has 1 fully saturated rings. The molecule has 1 aliphatic rings. The molecule has 0 bridgehead atoms. The van der Waals surface area contributed by atoms with Crippen LogP contribution in [0.3, 0.4) is 0 Å². The molecule has 1 saturated carbocycles. The van der Waals surface area contributed by atoms with Crippen LogP contribution < -0.4 is 4.72 Å². The van der Waals surface area contributed by atoms with Gasteiger partial charge in [-0.2, -0.15) is 0 Å². The molecule has 1 aliphatic carbocycles. The summed E-state index contributed by atoms with van der Waals surface area (Å²) < 4.78 is 30.5. The summed E-state index contributed by atoms with van der Waals surface area (Å²) in [6.07, 6.45) is 4.51. The molecule has 2 aromatic carbocycles. The van der Waals surface area contributed by atoms with Crippen LogP contribution >= 0.6 is 47.8 Å². The Balaban J connectivity index is 1.78. The molecule has 2 aromatic rings. The van der Waals surface area contributed by atoms with Crippen LogP contribution in [0.1, 0.15) is 37.2 Å². The van der Waals surface area contributed by atoms with Gasteiger partial charge in [0.05, 0.1) is 0 Å². The summed E-state index contributed by atoms with van der Waals surface area (Å²) in [6, 6.07) is 13.9. The van der Waals surface area contributed by atoms with Crippen molar-refractivity contribution in [1.29, 1.82) is 0 Å². The normalized spacial score (nSPS) is 20.9. The van der Waals surface area contributed by atoms with Crippen LogP contribution in [0.15, 0.2) is 60.8 Å². The Morgan fingerprint density at radius 2 is 1.58 bits per heavy atom. The highest BCUT2D eigenvalue weighted by Gasteiger charge is 2.29. The SMILES string of the molecule is O=S(=O)(NCC1CCCCC1c1ccccc1)c1c(Br)cc(Br)cc1Br. The summed E-state index contributed by atoms with van der Waals surface area (Å²) in [5.74, 6) is 0.721. The van der Waals surface area contributed by atoms with Crippen molar-refractivity contribution in [1.82, 2.24) is 4.72 Å². The van der Waals surface area contributed by atoms with E-state index in [0.717, 1.165) is 23.7 Å². The van der Waals surface area contributed by atoms with E-state index >= 15 is 0 Å². The molecule has 2 atom stereocenters. The lowest BCUT2D eigenvalue weighted by atomic mass is 9.75. The van der Waals surface area contributed by atoms with E-state index in [0.29, 0.717) is 27.3 Å². The van der Waals surface area contributed by atoms with Gasteiger partial charge in [-0.05, 0) is 74.2 Å². The maximum atomic E-state index is 12.9. The average Bonchev–Trinajstić information content (AvgIpc) is 2.60. The highest BCUT2D eigenvalue weighted by molar-refractivity contribution is 9.11. The van der Waals surface area contributed by atoms with E-state index in [-0.39, 0.29) is 4.90 Å². The molecule has 3 rings (SSSR count). The molecule has 0 amide bonds. The largest absolute Gasteiger partial charge is 0.242 e. The maximum Gasteiger partial charge on any atom is 0.242 e. The molecular formula is C19H20Br3NO2S. The Morgan fingerprint density at radius 1 is 0.962 bits per heavy atom. The lowest BCUT2D eigenvalue weighted by molar-refractivity contribution is 0.307. The van der Waals surface area contributed by atoms with Crippen molar-refractivity contribution in [3.05, 3.63) is 61.4 Å². The molecule has 2 unspecified atom stereocenters. The van der Waals surface area contributed by atoms with Crippen LogP contribution in [0.4, 0.5) is 0 Å². The lowest BCUT2D eigenvalue weighted by Gasteiger charge is -2.32. The van der Waals surface area contributed by atoms with Crippen LogP contribution in [0, 0.1) is 5.92 Å². The summed E-state index contributed by atoms with van der Waals surface area (Å²) in [5.41, 5.74) is 1.31. The van der Waals surface area contributed by atoms with Crippen LogP contribution in [0.5, 0.6) is 0 Å². The van der Waals surface area contributed by atoms with Crippen molar-refractivity contribution in [2.24, 2.45) is 5.92 Å². The Bertz CT molecular complexity index is 849. The van der Waals surface area contributed by atoms with Crippen LogP contribution in [0.2, 0.25) is 0 Å². The molecular weight excluding hydrogens is 546 g/mol. The minimum Gasteiger partial charge on any atom is -0.211 e. The molecule has 3 nitrogen and oxygen atoms in total. The first-order chi connectivity index (χ1) is 12.4. The van der Waals surface area contributed by atoms with E-state index in [1.165, 1.54) is 12.0 Å². The van der Waals surface area contributed by atoms with Gasteiger partial charge in [-0.25, -0.2) is 13.1 Å².